The molecule has 1 aliphatic rings. The van der Waals surface area contributed by atoms with Crippen LogP contribution in [0.5, 0.6) is 0 Å². The van der Waals surface area contributed by atoms with E-state index in [-0.39, 0.29) is 17.5 Å². The molecule has 1 saturated carbocycles. The summed E-state index contributed by atoms with van der Waals surface area (Å²) >= 11 is 1.64. The first-order valence-corrected chi connectivity index (χ1v) is 7.28. The number of carbonyl (C=O) groups is 2. The van der Waals surface area contributed by atoms with Crippen LogP contribution in [0.25, 0.3) is 16.2 Å². The summed E-state index contributed by atoms with van der Waals surface area (Å²) in [6, 6.07) is 8.04. The molecule has 0 spiro atoms. The lowest BCUT2D eigenvalue weighted by Gasteiger charge is -2.01. The van der Waals surface area contributed by atoms with Crippen molar-refractivity contribution in [1.29, 1.82) is 0 Å². The number of allylic oxidation sites excluding steroid dienone is 1. The normalized spacial score (nSPS) is 15.7. The summed E-state index contributed by atoms with van der Waals surface area (Å²) in [5.74, 6) is -0.0324. The molecule has 1 aromatic heterocycles. The lowest BCUT2D eigenvalue weighted by atomic mass is 10.0. The first-order chi connectivity index (χ1) is 9.16. The van der Waals surface area contributed by atoms with Crippen LogP contribution in [0.1, 0.15) is 25.3 Å². The summed E-state index contributed by atoms with van der Waals surface area (Å²) in [6.45, 7) is 1.47. The SMILES string of the molecule is CC(=O)C(=Cc1csc2ccccc12)C(=O)C1CC1. The number of fused-ring (bicyclic) bond motifs is 1. The van der Waals surface area contributed by atoms with Gasteiger partial charge in [0.2, 0.25) is 0 Å². The minimum atomic E-state index is -0.132. The van der Waals surface area contributed by atoms with E-state index in [1.54, 1.807) is 17.4 Å². The van der Waals surface area contributed by atoms with Crippen LogP contribution in [0.2, 0.25) is 0 Å². The van der Waals surface area contributed by atoms with Crippen LogP contribution in [0.3, 0.4) is 0 Å². The zero-order chi connectivity index (χ0) is 13.4. The van der Waals surface area contributed by atoms with Crippen LogP contribution in [-0.4, -0.2) is 11.6 Å². The number of hydrogen-bond acceptors (Lipinski definition) is 3. The van der Waals surface area contributed by atoms with Gasteiger partial charge in [0.15, 0.2) is 11.6 Å². The predicted octanol–water partition coefficient (Wildman–Crippen LogP) is 3.85. The summed E-state index contributed by atoms with van der Waals surface area (Å²) in [5.41, 5.74) is 1.32. The fourth-order valence-electron chi connectivity index (χ4n) is 2.18. The summed E-state index contributed by atoms with van der Waals surface area (Å²) in [5, 5.41) is 3.11. The van der Waals surface area contributed by atoms with Crippen molar-refractivity contribution in [2.45, 2.75) is 19.8 Å². The number of ketones is 2. The quantitative estimate of drug-likeness (QED) is 0.480. The molecule has 0 N–H and O–H groups in total. The van der Waals surface area contributed by atoms with Gasteiger partial charge in [-0.3, -0.25) is 9.59 Å². The minimum Gasteiger partial charge on any atom is -0.294 e. The highest BCUT2D eigenvalue weighted by molar-refractivity contribution is 7.17. The van der Waals surface area contributed by atoms with Crippen molar-refractivity contribution in [2.24, 2.45) is 5.92 Å². The third-order valence-electron chi connectivity index (χ3n) is 3.40. The average Bonchev–Trinajstić information content (AvgIpc) is 3.17. The maximum atomic E-state index is 12.1. The van der Waals surface area contributed by atoms with E-state index >= 15 is 0 Å². The highest BCUT2D eigenvalue weighted by Crippen LogP contribution is 2.34. The Labute approximate surface area is 115 Å². The Balaban J connectivity index is 2.06. The molecule has 2 aromatic rings. The molecule has 1 fully saturated rings. The molecule has 0 unspecified atom stereocenters. The molecule has 19 heavy (non-hydrogen) atoms. The fraction of sp³-hybridized carbons (Fsp3) is 0.250. The molecule has 0 aliphatic heterocycles. The topological polar surface area (TPSA) is 34.1 Å². The number of hydrogen-bond donors (Lipinski definition) is 0. The molecule has 3 rings (SSSR count). The monoisotopic (exact) mass is 270 g/mol. The first kappa shape index (κ1) is 12.3. The second kappa shape index (κ2) is 4.74. The van der Waals surface area contributed by atoms with E-state index in [0.29, 0.717) is 5.57 Å². The standard InChI is InChI=1S/C16H14O2S/c1-10(17)14(16(18)11-6-7-11)8-12-9-19-15-5-3-2-4-13(12)15/h2-5,8-9,11H,6-7H2,1H3. The molecule has 3 heteroatoms. The summed E-state index contributed by atoms with van der Waals surface area (Å²) in [7, 11) is 0. The highest BCUT2D eigenvalue weighted by atomic mass is 32.1. The molecule has 1 aliphatic carbocycles. The lowest BCUT2D eigenvalue weighted by Crippen LogP contribution is -2.11. The van der Waals surface area contributed by atoms with Crippen molar-refractivity contribution in [3.05, 3.63) is 40.8 Å². The van der Waals surface area contributed by atoms with Crippen molar-refractivity contribution < 1.29 is 9.59 Å². The predicted molar refractivity (Wildman–Crippen MR) is 78.2 cm³/mol. The van der Waals surface area contributed by atoms with Crippen LogP contribution >= 0.6 is 11.3 Å². The Bertz CT molecular complexity index is 690. The van der Waals surface area contributed by atoms with Gasteiger partial charge in [-0.2, -0.15) is 0 Å². The Hall–Kier alpha value is -1.74. The van der Waals surface area contributed by atoms with Crippen LogP contribution < -0.4 is 0 Å². The van der Waals surface area contributed by atoms with Crippen molar-refractivity contribution >= 4 is 39.1 Å². The fourth-order valence-corrected chi connectivity index (χ4v) is 3.10. The highest BCUT2D eigenvalue weighted by Gasteiger charge is 2.33. The van der Waals surface area contributed by atoms with Gasteiger partial charge in [0.05, 0.1) is 5.57 Å². The van der Waals surface area contributed by atoms with Gasteiger partial charge < -0.3 is 0 Å². The van der Waals surface area contributed by atoms with E-state index in [9.17, 15) is 9.59 Å². The van der Waals surface area contributed by atoms with Gasteiger partial charge >= 0.3 is 0 Å². The number of thiophene rings is 1. The summed E-state index contributed by atoms with van der Waals surface area (Å²) in [6.07, 6.45) is 3.61. The molecule has 2 nitrogen and oxygen atoms in total. The molecule has 0 radical (unpaired) electrons. The summed E-state index contributed by atoms with van der Waals surface area (Å²) in [4.78, 5) is 23.8. The van der Waals surface area contributed by atoms with Gasteiger partial charge in [0, 0.05) is 10.6 Å². The van der Waals surface area contributed by atoms with E-state index < -0.39 is 0 Å². The van der Waals surface area contributed by atoms with Gasteiger partial charge in [-0.1, -0.05) is 18.2 Å². The Morgan fingerprint density at radius 2 is 2.00 bits per heavy atom. The van der Waals surface area contributed by atoms with Crippen molar-refractivity contribution in [3.63, 3.8) is 0 Å². The Morgan fingerprint density at radius 1 is 1.26 bits per heavy atom. The van der Waals surface area contributed by atoms with Gasteiger partial charge in [0.1, 0.15) is 0 Å². The lowest BCUT2D eigenvalue weighted by molar-refractivity contribution is -0.121. The minimum absolute atomic E-state index is 0.0165. The van der Waals surface area contributed by atoms with Crippen molar-refractivity contribution in [3.8, 4) is 0 Å². The van der Waals surface area contributed by atoms with E-state index in [4.69, 9.17) is 0 Å². The van der Waals surface area contributed by atoms with Gasteiger partial charge in [-0.05, 0) is 48.2 Å². The molecular weight excluding hydrogens is 256 g/mol. The number of Topliss-reactive ketones (excluding diaryl/α,β-unsaturated/α-hetero) is 2. The van der Waals surface area contributed by atoms with E-state index in [2.05, 4.69) is 0 Å². The molecule has 0 saturated heterocycles. The molecular formula is C16H14O2S. The molecule has 0 bridgehead atoms. The van der Waals surface area contributed by atoms with E-state index in [1.807, 2.05) is 29.6 Å². The molecule has 1 aromatic carbocycles. The third kappa shape index (κ3) is 2.38. The second-order valence-electron chi connectivity index (χ2n) is 4.94. The Morgan fingerprint density at radius 3 is 2.68 bits per heavy atom. The van der Waals surface area contributed by atoms with E-state index in [0.717, 1.165) is 23.8 Å². The number of carbonyl (C=O) groups excluding carboxylic acids is 2. The van der Waals surface area contributed by atoms with E-state index in [1.165, 1.54) is 11.6 Å². The van der Waals surface area contributed by atoms with Crippen molar-refractivity contribution in [1.82, 2.24) is 0 Å². The van der Waals surface area contributed by atoms with Crippen LogP contribution in [-0.2, 0) is 9.59 Å². The van der Waals surface area contributed by atoms with Crippen LogP contribution in [0.4, 0.5) is 0 Å². The second-order valence-corrected chi connectivity index (χ2v) is 5.85. The van der Waals surface area contributed by atoms with Gasteiger partial charge in [0.25, 0.3) is 0 Å². The zero-order valence-corrected chi connectivity index (χ0v) is 11.5. The average molecular weight is 270 g/mol. The third-order valence-corrected chi connectivity index (χ3v) is 4.39. The summed E-state index contributed by atoms with van der Waals surface area (Å²) < 4.78 is 1.18. The zero-order valence-electron chi connectivity index (χ0n) is 10.7. The molecule has 0 atom stereocenters. The smallest absolute Gasteiger partial charge is 0.169 e. The van der Waals surface area contributed by atoms with Crippen LogP contribution in [0, 0.1) is 5.92 Å². The van der Waals surface area contributed by atoms with Gasteiger partial charge in [-0.15, -0.1) is 11.3 Å². The molecule has 1 heterocycles. The molecule has 0 amide bonds. The van der Waals surface area contributed by atoms with Crippen molar-refractivity contribution in [2.75, 3.05) is 0 Å². The van der Waals surface area contributed by atoms with Gasteiger partial charge in [-0.25, -0.2) is 0 Å². The molecule has 96 valence electrons. The largest absolute Gasteiger partial charge is 0.294 e. The maximum absolute atomic E-state index is 12.1. The number of rotatable bonds is 4. The maximum Gasteiger partial charge on any atom is 0.169 e. The van der Waals surface area contributed by atoms with Crippen LogP contribution in [0.15, 0.2) is 35.2 Å². The number of benzene rings is 1. The Kier molecular flexibility index (Phi) is 3.07. The first-order valence-electron chi connectivity index (χ1n) is 6.40.